The molecule has 17 nitrogen and oxygen atoms in total. The van der Waals surface area contributed by atoms with Gasteiger partial charge in [-0.3, -0.25) is 4.79 Å². The summed E-state index contributed by atoms with van der Waals surface area (Å²) in [5.74, 6) is 0.706. The van der Waals surface area contributed by atoms with Gasteiger partial charge >= 0.3 is 115 Å². The minimum absolute atomic E-state index is 0. The Morgan fingerprint density at radius 1 is 0.731 bits per heavy atom. The van der Waals surface area contributed by atoms with Crippen LogP contribution in [0.4, 0.5) is 9.59 Å². The maximum atomic E-state index is 12.3. The SMILES string of the molecule is CC(Oc1nc2ccc(-c3ccc(S(C)(=O)=O)cc3)nc2s1)C1CCN(C(=O)OC(C)(C)C)CC1.CC(Oc1nc2ccc(Br)nc2s1)C1CCN(C(=O)OC(C)(C)C)CC1.O=CO[O-].[H-].[K+].[K+]. The van der Waals surface area contributed by atoms with Crippen molar-refractivity contribution < 1.29 is 156 Å². The molecule has 2 aliphatic rings. The first kappa shape index (κ1) is 59.9. The molecule has 2 unspecified atom stereocenters. The number of likely N-dealkylation sites (tertiary alicyclic amines) is 2. The van der Waals surface area contributed by atoms with Crippen LogP contribution in [0.25, 0.3) is 32.0 Å². The second kappa shape index (κ2) is 26.9. The second-order valence-corrected chi connectivity index (χ2v) is 22.4. The number of thiazole rings is 2. The number of sulfone groups is 1. The number of carbonyl (C=O) groups is 3. The van der Waals surface area contributed by atoms with Crippen LogP contribution in [0.3, 0.4) is 0 Å². The van der Waals surface area contributed by atoms with Gasteiger partial charge in [-0.1, -0.05) is 34.8 Å². The Labute approximate surface area is 495 Å². The van der Waals surface area contributed by atoms with Crippen LogP contribution in [0.1, 0.15) is 82.5 Å². The van der Waals surface area contributed by atoms with Gasteiger partial charge in [-0.15, -0.1) is 0 Å². The maximum absolute atomic E-state index is 12.3. The molecule has 0 radical (unpaired) electrons. The fourth-order valence-corrected chi connectivity index (χ4v) is 9.77. The van der Waals surface area contributed by atoms with Crippen LogP contribution in [-0.2, 0) is 29.0 Å². The van der Waals surface area contributed by atoms with Gasteiger partial charge in [0.25, 0.3) is 16.9 Å². The van der Waals surface area contributed by atoms with E-state index in [0.717, 1.165) is 62.2 Å². The molecule has 356 valence electrons. The van der Waals surface area contributed by atoms with Gasteiger partial charge in [-0.25, -0.2) is 37.9 Å². The molecule has 2 atom stereocenters. The van der Waals surface area contributed by atoms with Crippen LogP contribution in [-0.4, -0.2) is 113 Å². The maximum Gasteiger partial charge on any atom is 1.00 e. The molecule has 2 amide bonds. The van der Waals surface area contributed by atoms with Gasteiger partial charge in [0.05, 0.1) is 10.6 Å². The molecule has 4 aromatic heterocycles. The van der Waals surface area contributed by atoms with Crippen LogP contribution >= 0.6 is 38.6 Å². The summed E-state index contributed by atoms with van der Waals surface area (Å²) in [5, 5.41) is 9.65. The van der Waals surface area contributed by atoms with Gasteiger partial charge < -0.3 is 40.3 Å². The van der Waals surface area contributed by atoms with Gasteiger partial charge in [0, 0.05) is 38.0 Å². The summed E-state index contributed by atoms with van der Waals surface area (Å²) in [7, 11) is -3.24. The molecular weight excluding hydrogens is 1040 g/mol. The summed E-state index contributed by atoms with van der Waals surface area (Å²) in [6.07, 6.45) is 4.18. The first-order valence-electron chi connectivity index (χ1n) is 21.0. The fraction of sp³-hybridized carbons (Fsp3) is 0.523. The topological polar surface area (TPSA) is 213 Å². The molecule has 2 saturated heterocycles. The first-order chi connectivity index (χ1) is 30.5. The summed E-state index contributed by atoms with van der Waals surface area (Å²) in [6, 6.07) is 14.3. The van der Waals surface area contributed by atoms with Crippen LogP contribution in [0.15, 0.2) is 58.0 Å². The van der Waals surface area contributed by atoms with Gasteiger partial charge in [0.1, 0.15) is 48.7 Å². The molecule has 6 heterocycles. The molecule has 5 aromatic rings. The van der Waals surface area contributed by atoms with Crippen molar-refractivity contribution in [2.45, 2.75) is 109 Å². The van der Waals surface area contributed by atoms with Crippen molar-refractivity contribution in [3.05, 3.63) is 53.1 Å². The summed E-state index contributed by atoms with van der Waals surface area (Å²) < 4.78 is 47.4. The van der Waals surface area contributed by atoms with Crippen LogP contribution in [0.5, 0.6) is 10.4 Å². The van der Waals surface area contributed by atoms with Gasteiger partial charge in [-0.2, -0.15) is 0 Å². The van der Waals surface area contributed by atoms with E-state index in [2.05, 4.69) is 42.7 Å². The summed E-state index contributed by atoms with van der Waals surface area (Å²) in [5.41, 5.74) is 2.23. The van der Waals surface area contributed by atoms with Gasteiger partial charge in [0.15, 0.2) is 9.84 Å². The van der Waals surface area contributed by atoms with Crippen molar-refractivity contribution in [2.24, 2.45) is 11.8 Å². The van der Waals surface area contributed by atoms with E-state index >= 15 is 0 Å². The number of ether oxygens (including phenoxy) is 4. The smallest absolute Gasteiger partial charge is 1.00 e. The normalized spacial score (nSPS) is 15.6. The Morgan fingerprint density at radius 2 is 1.13 bits per heavy atom. The molecule has 0 aliphatic carbocycles. The molecule has 67 heavy (non-hydrogen) atoms. The Kier molecular flexibility index (Phi) is 24.0. The van der Waals surface area contributed by atoms with Crippen LogP contribution in [0, 0.1) is 11.8 Å². The zero-order chi connectivity index (χ0) is 47.7. The molecule has 1 aromatic carbocycles. The van der Waals surface area contributed by atoms with E-state index in [4.69, 9.17) is 34.0 Å². The molecule has 2 aliphatic heterocycles. The standard InChI is InChI=1S/C25H31N3O5S2.C18H24BrN3O3S.CH2O3.2K.H/c1-16(17-12-14-28(15-13-17)24(29)33-25(2,3)4)32-23-27-21-11-10-20(26-22(21)34-23)18-6-8-19(9-7-18)35(5,30)31;1-11(24-16-20-13-5-6-14(19)21-15(13)26-16)12-7-9-22(10-8-12)17(23)25-18(2,3)4;2-1-4-3;;;/h6-11,16-17H,12-15H2,1-5H3;5-6,11-12H,7-10H2,1-4H3;1,3H;;;/q;;;2*+1;-1/p-1. The number of pyridine rings is 2. The van der Waals surface area contributed by atoms with Crippen molar-refractivity contribution in [1.82, 2.24) is 29.7 Å². The van der Waals surface area contributed by atoms with Crippen LogP contribution < -0.4 is 118 Å². The molecule has 7 rings (SSSR count). The average Bonchev–Trinajstić information content (AvgIpc) is 3.84. The fourth-order valence-electron chi connectivity index (χ4n) is 6.97. The summed E-state index contributed by atoms with van der Waals surface area (Å²) in [4.78, 5) is 59.4. The Morgan fingerprint density at radius 3 is 1.52 bits per heavy atom. The third-order valence-corrected chi connectivity index (χ3v) is 13.6. The van der Waals surface area contributed by atoms with Crippen molar-refractivity contribution >= 4 is 87.8 Å². The molecule has 23 heteroatoms. The number of piperidine rings is 2. The van der Waals surface area contributed by atoms with Crippen molar-refractivity contribution in [3.8, 4) is 21.6 Å². The van der Waals surface area contributed by atoms with Crippen LogP contribution in [0.2, 0.25) is 0 Å². The number of rotatable bonds is 9. The van der Waals surface area contributed by atoms with Gasteiger partial charge in [0.2, 0.25) is 0 Å². The van der Waals surface area contributed by atoms with E-state index < -0.39 is 21.0 Å². The predicted molar refractivity (Wildman–Crippen MR) is 251 cm³/mol. The Hall–Kier alpha value is -1.43. The predicted octanol–water partition coefficient (Wildman–Crippen LogP) is 2.60. The number of halogens is 1. The number of hydrogen-bond acceptors (Lipinski definition) is 17. The quantitative estimate of drug-likeness (QED) is 0.0683. The Balaban J connectivity index is 0.000000429. The first-order valence-corrected chi connectivity index (χ1v) is 25.4. The van der Waals surface area contributed by atoms with E-state index in [-0.39, 0.29) is 140 Å². The zero-order valence-corrected chi connectivity index (χ0v) is 50.2. The monoisotopic (exact) mass is 1100 g/mol. The van der Waals surface area contributed by atoms with E-state index in [9.17, 15) is 18.0 Å². The molecule has 2 fully saturated rings. The van der Waals surface area contributed by atoms with Crippen molar-refractivity contribution in [1.29, 1.82) is 0 Å². The van der Waals surface area contributed by atoms with Crippen molar-refractivity contribution in [2.75, 3.05) is 32.4 Å². The van der Waals surface area contributed by atoms with E-state index in [1.807, 2.05) is 72.7 Å². The number of nitrogens with zero attached hydrogens (tertiary/aromatic N) is 6. The average molecular weight is 1100 g/mol. The number of fused-ring (bicyclic) bond motifs is 2. The van der Waals surface area contributed by atoms with E-state index in [0.29, 0.717) is 48.4 Å². The largest absolute Gasteiger partial charge is 1.00 e. The summed E-state index contributed by atoms with van der Waals surface area (Å²) in [6.45, 7) is 17.9. The third kappa shape index (κ3) is 18.9. The number of carbonyl (C=O) groups excluding carboxylic acids is 3. The van der Waals surface area contributed by atoms with Crippen molar-refractivity contribution in [3.63, 3.8) is 0 Å². The Bertz CT molecular complexity index is 2510. The van der Waals surface area contributed by atoms with Gasteiger partial charge in [-0.05, 0) is 145 Å². The number of benzene rings is 1. The van der Waals surface area contributed by atoms with E-state index in [1.54, 1.807) is 34.1 Å². The minimum Gasteiger partial charge on any atom is -1.00 e. The number of aromatic nitrogens is 4. The number of hydrogen-bond donors (Lipinski definition) is 0. The molecule has 0 spiro atoms. The summed E-state index contributed by atoms with van der Waals surface area (Å²) >= 11 is 6.22. The second-order valence-electron chi connectivity index (χ2n) is 17.7. The molecule has 0 bridgehead atoms. The molecular formula is C44H57BrK2N6O11S3. The third-order valence-electron chi connectivity index (χ3n) is 10.3. The number of amides is 2. The molecule has 0 N–H and O–H groups in total. The van der Waals surface area contributed by atoms with E-state index in [1.165, 1.54) is 28.9 Å². The minimum atomic E-state index is -3.24. The zero-order valence-electron chi connectivity index (χ0n) is 40.9. The molecule has 0 saturated carbocycles.